The summed E-state index contributed by atoms with van der Waals surface area (Å²) in [6.45, 7) is 6.81. The van der Waals surface area contributed by atoms with Gasteiger partial charge < -0.3 is 4.43 Å². The van der Waals surface area contributed by atoms with Crippen LogP contribution < -0.4 is 0 Å². The fraction of sp³-hybridized carbons (Fsp3) is 0.625. The number of alkyl halides is 3. The Morgan fingerprint density at radius 2 is 1.71 bits per heavy atom. The van der Waals surface area contributed by atoms with E-state index in [9.17, 15) is 18.0 Å². The van der Waals surface area contributed by atoms with Crippen LogP contribution in [0.5, 0.6) is 0 Å². The first-order valence-corrected chi connectivity index (χ1v) is 7.41. The largest absolute Gasteiger partial charge is 0.547 e. The average Bonchev–Trinajstić information content (AvgIpc) is 1.79. The quantitative estimate of drug-likeness (QED) is 0.420. The molecular formula is C8H13F3O2Si. The van der Waals surface area contributed by atoms with Gasteiger partial charge in [-0.2, -0.15) is 13.2 Å². The Morgan fingerprint density at radius 1 is 1.29 bits per heavy atom. The maximum Gasteiger partial charge on any atom is 0.454 e. The predicted octanol–water partition coefficient (Wildman–Crippen LogP) is 2.87. The third kappa shape index (κ3) is 5.79. The number of hydrogen-bond acceptors (Lipinski definition) is 2. The Bertz CT molecular complexity index is 250. The molecule has 0 amide bonds. The standard InChI is InChI=1S/C8H13F3O2Si/c1-6(13-14(2,3)4)5-7(12)8(9,10)11/h5H,1-4H3/b6-5+. The number of halogens is 3. The van der Waals surface area contributed by atoms with Crippen molar-refractivity contribution < 1.29 is 22.4 Å². The minimum Gasteiger partial charge on any atom is -0.547 e. The molecule has 0 aliphatic heterocycles. The first-order valence-electron chi connectivity index (χ1n) is 4.01. The van der Waals surface area contributed by atoms with E-state index in [0.717, 1.165) is 0 Å². The van der Waals surface area contributed by atoms with Crippen LogP contribution in [0.15, 0.2) is 11.8 Å². The van der Waals surface area contributed by atoms with Gasteiger partial charge in [0.05, 0.1) is 5.76 Å². The van der Waals surface area contributed by atoms with Gasteiger partial charge in [-0.3, -0.25) is 4.79 Å². The molecule has 0 aromatic carbocycles. The highest BCUT2D eigenvalue weighted by molar-refractivity contribution is 6.70. The van der Waals surface area contributed by atoms with Crippen molar-refractivity contribution in [2.24, 2.45) is 0 Å². The summed E-state index contributed by atoms with van der Waals surface area (Å²) in [6, 6.07) is 0. The van der Waals surface area contributed by atoms with E-state index in [-0.39, 0.29) is 5.76 Å². The molecule has 6 heteroatoms. The van der Waals surface area contributed by atoms with Crippen LogP contribution in [-0.4, -0.2) is 20.3 Å². The SMILES string of the molecule is C/C(=C\C(=O)C(F)(F)F)O[Si](C)(C)C. The van der Waals surface area contributed by atoms with Crippen molar-refractivity contribution in [1.82, 2.24) is 0 Å². The van der Waals surface area contributed by atoms with Crippen molar-refractivity contribution in [3.63, 3.8) is 0 Å². The van der Waals surface area contributed by atoms with E-state index in [1.165, 1.54) is 6.92 Å². The van der Waals surface area contributed by atoms with Crippen LogP contribution in [0, 0.1) is 0 Å². The van der Waals surface area contributed by atoms with Gasteiger partial charge in [-0.15, -0.1) is 0 Å². The average molecular weight is 226 g/mol. The molecule has 0 N–H and O–H groups in total. The zero-order chi connectivity index (χ0) is 11.6. The fourth-order valence-electron chi connectivity index (χ4n) is 0.779. The molecule has 0 atom stereocenters. The van der Waals surface area contributed by atoms with E-state index in [4.69, 9.17) is 4.43 Å². The minimum absolute atomic E-state index is 0.0199. The van der Waals surface area contributed by atoms with Gasteiger partial charge in [-0.1, -0.05) is 0 Å². The highest BCUT2D eigenvalue weighted by Gasteiger charge is 2.36. The van der Waals surface area contributed by atoms with Crippen LogP contribution in [0.2, 0.25) is 19.6 Å². The molecule has 0 aromatic rings. The van der Waals surface area contributed by atoms with Gasteiger partial charge in [0.15, 0.2) is 0 Å². The van der Waals surface area contributed by atoms with Gasteiger partial charge in [0.2, 0.25) is 8.32 Å². The van der Waals surface area contributed by atoms with E-state index in [1.807, 2.05) is 19.6 Å². The maximum atomic E-state index is 11.8. The van der Waals surface area contributed by atoms with E-state index >= 15 is 0 Å². The van der Waals surface area contributed by atoms with Crippen LogP contribution in [0.1, 0.15) is 6.92 Å². The second kappa shape index (κ2) is 4.16. The lowest BCUT2D eigenvalue weighted by molar-refractivity contribution is -0.165. The van der Waals surface area contributed by atoms with Gasteiger partial charge >= 0.3 is 6.18 Å². The topological polar surface area (TPSA) is 26.3 Å². The van der Waals surface area contributed by atoms with E-state index < -0.39 is 20.3 Å². The highest BCUT2D eigenvalue weighted by atomic mass is 28.4. The van der Waals surface area contributed by atoms with Crippen LogP contribution in [-0.2, 0) is 9.22 Å². The molecule has 0 saturated heterocycles. The summed E-state index contributed by atoms with van der Waals surface area (Å²) in [5, 5.41) is 0. The summed E-state index contributed by atoms with van der Waals surface area (Å²) in [5.74, 6) is -1.86. The molecule has 14 heavy (non-hydrogen) atoms. The number of carbonyl (C=O) groups excluding carboxylic acids is 1. The summed E-state index contributed by atoms with van der Waals surface area (Å²) in [7, 11) is -1.93. The van der Waals surface area contributed by atoms with Gasteiger partial charge in [-0.25, -0.2) is 0 Å². The molecule has 82 valence electrons. The summed E-state index contributed by atoms with van der Waals surface area (Å²) < 4.78 is 40.6. The molecule has 0 saturated carbocycles. The van der Waals surface area contributed by atoms with Gasteiger partial charge in [0.1, 0.15) is 0 Å². The molecule has 0 aromatic heterocycles. The van der Waals surface area contributed by atoms with Crippen molar-refractivity contribution >= 4 is 14.1 Å². The molecule has 0 spiro atoms. The smallest absolute Gasteiger partial charge is 0.454 e. The molecule has 0 radical (unpaired) electrons. The van der Waals surface area contributed by atoms with Crippen molar-refractivity contribution in [3.8, 4) is 0 Å². The molecule has 2 nitrogen and oxygen atoms in total. The van der Waals surface area contributed by atoms with Crippen molar-refractivity contribution in [3.05, 3.63) is 11.8 Å². The second-order valence-corrected chi connectivity index (χ2v) is 8.26. The van der Waals surface area contributed by atoms with E-state index in [1.54, 1.807) is 0 Å². The van der Waals surface area contributed by atoms with Crippen molar-refractivity contribution in [2.75, 3.05) is 0 Å². The van der Waals surface area contributed by atoms with Crippen LogP contribution in [0.25, 0.3) is 0 Å². The lowest BCUT2D eigenvalue weighted by atomic mass is 10.3. The summed E-state index contributed by atoms with van der Waals surface area (Å²) in [4.78, 5) is 10.5. The van der Waals surface area contributed by atoms with Crippen molar-refractivity contribution in [1.29, 1.82) is 0 Å². The number of carbonyl (C=O) groups is 1. The summed E-state index contributed by atoms with van der Waals surface area (Å²) in [5.41, 5.74) is 0. The predicted molar refractivity (Wildman–Crippen MR) is 49.3 cm³/mol. The molecular weight excluding hydrogens is 213 g/mol. The Morgan fingerprint density at radius 3 is 2.00 bits per heavy atom. The lowest BCUT2D eigenvalue weighted by Crippen LogP contribution is -2.26. The Balaban J connectivity index is 4.47. The molecule has 0 aliphatic rings. The maximum absolute atomic E-state index is 11.8. The molecule has 0 unspecified atom stereocenters. The minimum atomic E-state index is -4.82. The number of allylic oxidation sites excluding steroid dienone is 2. The van der Waals surface area contributed by atoms with E-state index in [2.05, 4.69) is 0 Å². The van der Waals surface area contributed by atoms with Gasteiger partial charge in [0, 0.05) is 6.08 Å². The highest BCUT2D eigenvalue weighted by Crippen LogP contribution is 2.18. The van der Waals surface area contributed by atoms with E-state index in [0.29, 0.717) is 6.08 Å². The second-order valence-electron chi connectivity index (χ2n) is 3.83. The van der Waals surface area contributed by atoms with Gasteiger partial charge in [-0.05, 0) is 26.6 Å². The van der Waals surface area contributed by atoms with Crippen LogP contribution in [0.3, 0.4) is 0 Å². The van der Waals surface area contributed by atoms with Gasteiger partial charge in [0.25, 0.3) is 5.78 Å². The number of ketones is 1. The summed E-state index contributed by atoms with van der Waals surface area (Å²) >= 11 is 0. The number of rotatable bonds is 3. The zero-order valence-corrected chi connectivity index (χ0v) is 9.53. The monoisotopic (exact) mass is 226 g/mol. The first-order chi connectivity index (χ1) is 6.02. The molecule has 0 fully saturated rings. The molecule has 0 heterocycles. The fourth-order valence-corrected chi connectivity index (χ4v) is 1.80. The lowest BCUT2D eigenvalue weighted by Gasteiger charge is -2.19. The van der Waals surface area contributed by atoms with Crippen LogP contribution in [0.4, 0.5) is 13.2 Å². The normalized spacial score (nSPS) is 14.1. The Hall–Kier alpha value is -0.783. The molecule has 0 bridgehead atoms. The first kappa shape index (κ1) is 13.2. The third-order valence-electron chi connectivity index (χ3n) is 1.08. The summed E-state index contributed by atoms with van der Waals surface area (Å²) in [6.07, 6.45) is -4.33. The zero-order valence-electron chi connectivity index (χ0n) is 8.53. The Kier molecular flexibility index (Phi) is 3.93. The number of hydrogen-bond donors (Lipinski definition) is 0. The van der Waals surface area contributed by atoms with Crippen LogP contribution >= 0.6 is 0 Å². The van der Waals surface area contributed by atoms with Crippen molar-refractivity contribution in [2.45, 2.75) is 32.7 Å². The molecule has 0 aliphatic carbocycles. The molecule has 0 rings (SSSR count). The Labute approximate surface area is 81.9 Å². The third-order valence-corrected chi connectivity index (χ3v) is 2.02.